The van der Waals surface area contributed by atoms with E-state index in [2.05, 4.69) is 5.32 Å². The van der Waals surface area contributed by atoms with Crippen molar-refractivity contribution in [3.63, 3.8) is 0 Å². The third-order valence-electron chi connectivity index (χ3n) is 2.38. The van der Waals surface area contributed by atoms with Crippen molar-refractivity contribution in [3.8, 4) is 0 Å². The molecule has 0 heterocycles. The molecule has 0 unspecified atom stereocenters. The van der Waals surface area contributed by atoms with E-state index in [4.69, 9.17) is 11.6 Å². The predicted octanol–water partition coefficient (Wildman–Crippen LogP) is 3.90. The fourth-order valence-electron chi connectivity index (χ4n) is 1.53. The topological polar surface area (TPSA) is 29.1 Å². The average molecular weight is 246 g/mol. The van der Waals surface area contributed by atoms with Crippen molar-refractivity contribution >= 4 is 23.2 Å². The number of anilines is 1. The number of hydrogen-bond acceptors (Lipinski definition) is 1. The monoisotopic (exact) mass is 245 g/mol. The molecule has 0 aliphatic rings. The van der Waals surface area contributed by atoms with Crippen LogP contribution in [0.5, 0.6) is 0 Å². The molecule has 0 saturated heterocycles. The lowest BCUT2D eigenvalue weighted by atomic mass is 10.2. The summed E-state index contributed by atoms with van der Waals surface area (Å²) in [6, 6.07) is 14.5. The number of aryl methyl sites for hydroxylation is 1. The van der Waals surface area contributed by atoms with Gasteiger partial charge in [0.25, 0.3) is 5.91 Å². The van der Waals surface area contributed by atoms with Crippen LogP contribution in [-0.2, 0) is 0 Å². The summed E-state index contributed by atoms with van der Waals surface area (Å²) >= 11 is 5.77. The summed E-state index contributed by atoms with van der Waals surface area (Å²) < 4.78 is 0. The summed E-state index contributed by atoms with van der Waals surface area (Å²) in [5, 5.41) is 3.46. The first-order chi connectivity index (χ1) is 8.15. The number of nitrogens with one attached hydrogen (secondary N) is 1. The molecule has 2 aromatic rings. The van der Waals surface area contributed by atoms with Gasteiger partial charge in [-0.1, -0.05) is 23.7 Å². The highest BCUT2D eigenvalue weighted by molar-refractivity contribution is 6.30. The summed E-state index contributed by atoms with van der Waals surface area (Å²) in [7, 11) is 0. The first-order valence-electron chi connectivity index (χ1n) is 5.29. The van der Waals surface area contributed by atoms with Crippen molar-refractivity contribution in [3.05, 3.63) is 64.7 Å². The molecule has 1 N–H and O–H groups in total. The minimum absolute atomic E-state index is 0.132. The number of rotatable bonds is 2. The van der Waals surface area contributed by atoms with Crippen molar-refractivity contribution in [2.75, 3.05) is 5.32 Å². The molecule has 0 aliphatic heterocycles. The van der Waals surface area contributed by atoms with Gasteiger partial charge in [0, 0.05) is 16.3 Å². The zero-order chi connectivity index (χ0) is 12.3. The first-order valence-corrected chi connectivity index (χ1v) is 5.66. The average Bonchev–Trinajstić information content (AvgIpc) is 2.29. The molecule has 0 aliphatic carbocycles. The molecule has 86 valence electrons. The smallest absolute Gasteiger partial charge is 0.255 e. The summed E-state index contributed by atoms with van der Waals surface area (Å²) in [4.78, 5) is 11.9. The maximum absolute atomic E-state index is 11.9. The first kappa shape index (κ1) is 11.7. The van der Waals surface area contributed by atoms with Crippen LogP contribution in [0.4, 0.5) is 5.69 Å². The van der Waals surface area contributed by atoms with E-state index in [1.54, 1.807) is 24.3 Å². The van der Waals surface area contributed by atoms with Gasteiger partial charge >= 0.3 is 0 Å². The fourth-order valence-corrected chi connectivity index (χ4v) is 1.65. The van der Waals surface area contributed by atoms with Crippen LogP contribution in [0.15, 0.2) is 48.5 Å². The normalized spacial score (nSPS) is 10.0. The largest absolute Gasteiger partial charge is 0.322 e. The van der Waals surface area contributed by atoms with E-state index in [0.717, 1.165) is 11.3 Å². The molecule has 0 atom stereocenters. The molecule has 0 spiro atoms. The van der Waals surface area contributed by atoms with Crippen LogP contribution in [0.25, 0.3) is 0 Å². The molecule has 0 saturated carbocycles. The Kier molecular flexibility index (Phi) is 3.45. The molecule has 0 bridgehead atoms. The Morgan fingerprint density at radius 2 is 1.82 bits per heavy atom. The zero-order valence-electron chi connectivity index (χ0n) is 9.41. The Balaban J connectivity index is 2.14. The number of amides is 1. The molecule has 0 fully saturated rings. The van der Waals surface area contributed by atoms with Crippen LogP contribution < -0.4 is 5.32 Å². The standard InChI is InChI=1S/C14H12ClNO/c1-10-3-2-4-13(9-10)16-14(17)11-5-7-12(15)8-6-11/h2-9H,1H3,(H,16,17). The molecule has 0 aromatic heterocycles. The van der Waals surface area contributed by atoms with E-state index in [0.29, 0.717) is 10.6 Å². The number of carbonyl (C=O) groups is 1. The quantitative estimate of drug-likeness (QED) is 0.854. The number of benzene rings is 2. The molecule has 1 amide bonds. The van der Waals surface area contributed by atoms with Gasteiger partial charge < -0.3 is 5.32 Å². The van der Waals surface area contributed by atoms with Crippen LogP contribution in [0, 0.1) is 6.92 Å². The second kappa shape index (κ2) is 5.02. The summed E-state index contributed by atoms with van der Waals surface area (Å²) in [6.07, 6.45) is 0. The van der Waals surface area contributed by atoms with E-state index in [1.165, 1.54) is 0 Å². The van der Waals surface area contributed by atoms with E-state index in [9.17, 15) is 4.79 Å². The highest BCUT2D eigenvalue weighted by Crippen LogP contribution is 2.13. The second-order valence-corrected chi connectivity index (χ2v) is 4.27. The van der Waals surface area contributed by atoms with Gasteiger partial charge in [0.1, 0.15) is 0 Å². The predicted molar refractivity (Wildman–Crippen MR) is 70.6 cm³/mol. The van der Waals surface area contributed by atoms with Gasteiger partial charge in [-0.3, -0.25) is 4.79 Å². The van der Waals surface area contributed by atoms with Gasteiger partial charge in [-0.05, 0) is 48.9 Å². The lowest BCUT2D eigenvalue weighted by Gasteiger charge is -2.05. The zero-order valence-corrected chi connectivity index (χ0v) is 10.2. The molecule has 0 radical (unpaired) electrons. The third kappa shape index (κ3) is 3.08. The lowest BCUT2D eigenvalue weighted by Crippen LogP contribution is -2.11. The van der Waals surface area contributed by atoms with Crippen LogP contribution in [0.2, 0.25) is 5.02 Å². The number of carbonyl (C=O) groups excluding carboxylic acids is 1. The van der Waals surface area contributed by atoms with Crippen LogP contribution >= 0.6 is 11.6 Å². The molecular weight excluding hydrogens is 234 g/mol. The highest BCUT2D eigenvalue weighted by atomic mass is 35.5. The molecule has 2 nitrogen and oxygen atoms in total. The van der Waals surface area contributed by atoms with Gasteiger partial charge in [-0.15, -0.1) is 0 Å². The third-order valence-corrected chi connectivity index (χ3v) is 2.63. The SMILES string of the molecule is Cc1cccc(NC(=O)c2ccc(Cl)cc2)c1. The minimum Gasteiger partial charge on any atom is -0.322 e. The van der Waals surface area contributed by atoms with E-state index in [-0.39, 0.29) is 5.91 Å². The molecule has 2 aromatic carbocycles. The second-order valence-electron chi connectivity index (χ2n) is 3.83. The van der Waals surface area contributed by atoms with Crippen molar-refractivity contribution in [1.29, 1.82) is 0 Å². The number of halogens is 1. The Bertz CT molecular complexity index is 534. The minimum atomic E-state index is -0.132. The van der Waals surface area contributed by atoms with Gasteiger partial charge in [-0.2, -0.15) is 0 Å². The molecule has 3 heteroatoms. The Hall–Kier alpha value is -1.80. The van der Waals surface area contributed by atoms with Crippen LogP contribution in [0.1, 0.15) is 15.9 Å². The van der Waals surface area contributed by atoms with Gasteiger partial charge in [0.05, 0.1) is 0 Å². The lowest BCUT2D eigenvalue weighted by molar-refractivity contribution is 0.102. The van der Waals surface area contributed by atoms with E-state index >= 15 is 0 Å². The maximum Gasteiger partial charge on any atom is 0.255 e. The molecule has 17 heavy (non-hydrogen) atoms. The van der Waals surface area contributed by atoms with Crippen molar-refractivity contribution in [2.45, 2.75) is 6.92 Å². The van der Waals surface area contributed by atoms with Crippen molar-refractivity contribution in [1.82, 2.24) is 0 Å². The Morgan fingerprint density at radius 3 is 2.47 bits per heavy atom. The highest BCUT2D eigenvalue weighted by Gasteiger charge is 2.05. The van der Waals surface area contributed by atoms with Gasteiger partial charge in [0.15, 0.2) is 0 Å². The van der Waals surface area contributed by atoms with E-state index in [1.807, 2.05) is 31.2 Å². The molecule has 2 rings (SSSR count). The van der Waals surface area contributed by atoms with Crippen molar-refractivity contribution in [2.24, 2.45) is 0 Å². The summed E-state index contributed by atoms with van der Waals surface area (Å²) in [6.45, 7) is 1.98. The Labute approximate surface area is 105 Å². The summed E-state index contributed by atoms with van der Waals surface area (Å²) in [5.74, 6) is -0.132. The summed E-state index contributed by atoms with van der Waals surface area (Å²) in [5.41, 5.74) is 2.50. The Morgan fingerprint density at radius 1 is 1.12 bits per heavy atom. The number of hydrogen-bond donors (Lipinski definition) is 1. The van der Waals surface area contributed by atoms with Crippen LogP contribution in [-0.4, -0.2) is 5.91 Å². The maximum atomic E-state index is 11.9. The van der Waals surface area contributed by atoms with Crippen molar-refractivity contribution < 1.29 is 4.79 Å². The van der Waals surface area contributed by atoms with E-state index < -0.39 is 0 Å². The van der Waals surface area contributed by atoms with Crippen LogP contribution in [0.3, 0.4) is 0 Å². The van der Waals surface area contributed by atoms with Gasteiger partial charge in [0.2, 0.25) is 0 Å². The van der Waals surface area contributed by atoms with Gasteiger partial charge in [-0.25, -0.2) is 0 Å². The fraction of sp³-hybridized carbons (Fsp3) is 0.0714. The molecular formula is C14H12ClNO.